The molecule has 0 spiro atoms. The maximum atomic E-state index is 12.8. The van der Waals surface area contributed by atoms with Gasteiger partial charge in [-0.2, -0.15) is 0 Å². The molecule has 0 aliphatic carbocycles. The zero-order valence-corrected chi connectivity index (χ0v) is 12.2. The SMILES string of the molecule is C=C(C)[C@H]([C@H]1CCOC(=O)C1)S(=O)(=O)c1ccccc1. The Balaban J connectivity index is 2.38. The summed E-state index contributed by atoms with van der Waals surface area (Å²) in [5, 5.41) is -0.738. The second kappa shape index (κ2) is 5.79. The van der Waals surface area contributed by atoms with Gasteiger partial charge in [0.25, 0.3) is 0 Å². The molecule has 0 saturated carbocycles. The Hall–Kier alpha value is -1.62. The minimum atomic E-state index is -3.53. The van der Waals surface area contributed by atoms with Gasteiger partial charge in [0.05, 0.1) is 23.2 Å². The van der Waals surface area contributed by atoms with Crippen LogP contribution in [0.5, 0.6) is 0 Å². The standard InChI is InChI=1S/C15H18O4S/c1-11(2)15(12-8-9-19-14(16)10-12)20(17,18)13-6-4-3-5-7-13/h3-7,12,15H,1,8-10H2,2H3/t12-,15+/m0/s1. The molecule has 1 aromatic rings. The van der Waals surface area contributed by atoms with E-state index in [0.29, 0.717) is 12.0 Å². The summed E-state index contributed by atoms with van der Waals surface area (Å²) >= 11 is 0. The predicted molar refractivity (Wildman–Crippen MR) is 75.9 cm³/mol. The highest BCUT2D eigenvalue weighted by atomic mass is 32.2. The van der Waals surface area contributed by atoms with E-state index in [0.717, 1.165) is 0 Å². The van der Waals surface area contributed by atoms with Crippen LogP contribution in [0.2, 0.25) is 0 Å². The number of sulfone groups is 1. The van der Waals surface area contributed by atoms with Gasteiger partial charge in [0.2, 0.25) is 0 Å². The lowest BCUT2D eigenvalue weighted by molar-refractivity contribution is -0.148. The van der Waals surface area contributed by atoms with Crippen LogP contribution in [-0.4, -0.2) is 26.2 Å². The Kier molecular flexibility index (Phi) is 4.28. The molecular formula is C15H18O4S. The van der Waals surface area contributed by atoms with Crippen molar-refractivity contribution in [3.05, 3.63) is 42.5 Å². The van der Waals surface area contributed by atoms with Crippen molar-refractivity contribution in [1.29, 1.82) is 0 Å². The molecule has 1 aliphatic rings. The molecule has 108 valence electrons. The minimum Gasteiger partial charge on any atom is -0.466 e. The number of carbonyl (C=O) groups is 1. The smallest absolute Gasteiger partial charge is 0.306 e. The third kappa shape index (κ3) is 2.93. The van der Waals surface area contributed by atoms with E-state index in [1.54, 1.807) is 37.3 Å². The summed E-state index contributed by atoms with van der Waals surface area (Å²) in [4.78, 5) is 11.7. The molecule has 1 saturated heterocycles. The van der Waals surface area contributed by atoms with E-state index in [1.807, 2.05) is 0 Å². The molecule has 1 heterocycles. The maximum Gasteiger partial charge on any atom is 0.306 e. The fourth-order valence-corrected chi connectivity index (χ4v) is 4.73. The molecule has 0 radical (unpaired) electrons. The van der Waals surface area contributed by atoms with Gasteiger partial charge in [0.15, 0.2) is 9.84 Å². The molecule has 0 bridgehead atoms. The van der Waals surface area contributed by atoms with Gasteiger partial charge in [-0.3, -0.25) is 4.79 Å². The highest BCUT2D eigenvalue weighted by Crippen LogP contribution is 2.32. The van der Waals surface area contributed by atoms with Crippen molar-refractivity contribution < 1.29 is 17.9 Å². The van der Waals surface area contributed by atoms with Gasteiger partial charge in [-0.05, 0) is 31.4 Å². The number of hydrogen-bond donors (Lipinski definition) is 0. The lowest BCUT2D eigenvalue weighted by Gasteiger charge is -2.29. The molecule has 1 aliphatic heterocycles. The third-order valence-corrected chi connectivity index (χ3v) is 5.89. The summed E-state index contributed by atoms with van der Waals surface area (Å²) in [7, 11) is -3.53. The van der Waals surface area contributed by atoms with E-state index >= 15 is 0 Å². The van der Waals surface area contributed by atoms with Crippen LogP contribution >= 0.6 is 0 Å². The van der Waals surface area contributed by atoms with Crippen molar-refractivity contribution in [3.63, 3.8) is 0 Å². The van der Waals surface area contributed by atoms with Crippen LogP contribution in [0, 0.1) is 5.92 Å². The number of esters is 1. The Labute approximate surface area is 119 Å². The average Bonchev–Trinajstić information content (AvgIpc) is 2.39. The maximum absolute atomic E-state index is 12.8. The summed E-state index contributed by atoms with van der Waals surface area (Å²) in [6.45, 7) is 5.79. The molecule has 4 nitrogen and oxygen atoms in total. The summed E-state index contributed by atoms with van der Waals surface area (Å²) in [6, 6.07) is 8.31. The van der Waals surface area contributed by atoms with Crippen LogP contribution in [0.25, 0.3) is 0 Å². The minimum absolute atomic E-state index is 0.129. The van der Waals surface area contributed by atoms with Crippen molar-refractivity contribution in [2.75, 3.05) is 6.61 Å². The number of cyclic esters (lactones) is 1. The molecule has 0 amide bonds. The molecule has 0 aromatic heterocycles. The quantitative estimate of drug-likeness (QED) is 0.632. The van der Waals surface area contributed by atoms with E-state index in [-0.39, 0.29) is 29.8 Å². The Morgan fingerprint density at radius 3 is 2.55 bits per heavy atom. The fourth-order valence-electron chi connectivity index (χ4n) is 2.63. The molecule has 0 unspecified atom stereocenters. The monoisotopic (exact) mass is 294 g/mol. The van der Waals surface area contributed by atoms with E-state index in [4.69, 9.17) is 4.74 Å². The van der Waals surface area contributed by atoms with E-state index in [9.17, 15) is 13.2 Å². The predicted octanol–water partition coefficient (Wildman–Crippen LogP) is 2.36. The number of hydrogen-bond acceptors (Lipinski definition) is 4. The Morgan fingerprint density at radius 1 is 1.35 bits per heavy atom. The first kappa shape index (κ1) is 14.8. The van der Waals surface area contributed by atoms with Crippen LogP contribution in [-0.2, 0) is 19.4 Å². The first-order valence-electron chi connectivity index (χ1n) is 6.53. The van der Waals surface area contributed by atoms with Crippen molar-refractivity contribution in [2.45, 2.75) is 29.9 Å². The normalized spacial score (nSPS) is 21.1. The highest BCUT2D eigenvalue weighted by Gasteiger charge is 2.38. The van der Waals surface area contributed by atoms with Crippen LogP contribution in [0.1, 0.15) is 19.8 Å². The topological polar surface area (TPSA) is 60.4 Å². The van der Waals surface area contributed by atoms with Gasteiger partial charge in [-0.15, -0.1) is 0 Å². The molecule has 2 rings (SSSR count). The lowest BCUT2D eigenvalue weighted by Crippen LogP contribution is -2.36. The summed E-state index contributed by atoms with van der Waals surface area (Å²) < 4.78 is 30.4. The summed E-state index contributed by atoms with van der Waals surface area (Å²) in [6.07, 6.45) is 0.679. The highest BCUT2D eigenvalue weighted by molar-refractivity contribution is 7.92. The third-order valence-electron chi connectivity index (χ3n) is 3.50. The van der Waals surface area contributed by atoms with E-state index in [2.05, 4.69) is 6.58 Å². The van der Waals surface area contributed by atoms with Crippen LogP contribution in [0.3, 0.4) is 0 Å². The van der Waals surface area contributed by atoms with Crippen LogP contribution in [0.4, 0.5) is 0 Å². The second-order valence-electron chi connectivity index (χ2n) is 5.10. The molecule has 1 aromatic carbocycles. The van der Waals surface area contributed by atoms with E-state index < -0.39 is 15.1 Å². The second-order valence-corrected chi connectivity index (χ2v) is 7.17. The van der Waals surface area contributed by atoms with Crippen molar-refractivity contribution >= 4 is 15.8 Å². The Bertz CT molecular complexity index is 604. The molecule has 1 fully saturated rings. The van der Waals surface area contributed by atoms with Crippen LogP contribution < -0.4 is 0 Å². The molecule has 0 N–H and O–H groups in total. The lowest BCUT2D eigenvalue weighted by atomic mass is 9.92. The molecule has 5 heteroatoms. The first-order valence-corrected chi connectivity index (χ1v) is 8.07. The van der Waals surface area contributed by atoms with Gasteiger partial charge in [0, 0.05) is 0 Å². The zero-order chi connectivity index (χ0) is 14.8. The van der Waals surface area contributed by atoms with Crippen LogP contribution in [0.15, 0.2) is 47.4 Å². The Morgan fingerprint density at radius 2 is 2.00 bits per heavy atom. The van der Waals surface area contributed by atoms with E-state index in [1.165, 1.54) is 0 Å². The molecule has 2 atom stereocenters. The number of rotatable bonds is 4. The number of benzene rings is 1. The fraction of sp³-hybridized carbons (Fsp3) is 0.400. The van der Waals surface area contributed by atoms with Crippen molar-refractivity contribution in [2.24, 2.45) is 5.92 Å². The largest absolute Gasteiger partial charge is 0.466 e. The number of carbonyl (C=O) groups excluding carboxylic acids is 1. The van der Waals surface area contributed by atoms with Gasteiger partial charge < -0.3 is 4.74 Å². The van der Waals surface area contributed by atoms with Crippen molar-refractivity contribution in [3.8, 4) is 0 Å². The molecular weight excluding hydrogens is 276 g/mol. The van der Waals surface area contributed by atoms with Gasteiger partial charge in [0.1, 0.15) is 0 Å². The van der Waals surface area contributed by atoms with Gasteiger partial charge in [-0.25, -0.2) is 8.42 Å². The van der Waals surface area contributed by atoms with Gasteiger partial charge in [-0.1, -0.05) is 30.4 Å². The van der Waals surface area contributed by atoms with Crippen molar-refractivity contribution in [1.82, 2.24) is 0 Å². The average molecular weight is 294 g/mol. The van der Waals surface area contributed by atoms with Gasteiger partial charge >= 0.3 is 5.97 Å². The summed E-state index contributed by atoms with van der Waals surface area (Å²) in [5.41, 5.74) is 0.563. The number of ether oxygens (including phenoxy) is 1. The first-order chi connectivity index (χ1) is 9.43. The zero-order valence-electron chi connectivity index (χ0n) is 11.4. The molecule has 20 heavy (non-hydrogen) atoms. The summed E-state index contributed by atoms with van der Waals surface area (Å²) in [5.74, 6) is -0.602.